The van der Waals surface area contributed by atoms with E-state index in [9.17, 15) is 8.42 Å². The smallest absolute Gasteiger partial charge is 0.242 e. The molecular weight excluding hydrogens is 284 g/mol. The molecule has 1 saturated carbocycles. The molecule has 19 heavy (non-hydrogen) atoms. The van der Waals surface area contributed by atoms with Crippen LogP contribution >= 0.6 is 11.6 Å². The summed E-state index contributed by atoms with van der Waals surface area (Å²) in [6, 6.07) is 4.48. The Bertz CT molecular complexity index is 566. The molecule has 106 valence electrons. The van der Waals surface area contributed by atoms with Crippen molar-refractivity contribution in [2.75, 3.05) is 12.3 Å². The van der Waals surface area contributed by atoms with Crippen molar-refractivity contribution in [2.45, 2.75) is 37.5 Å². The summed E-state index contributed by atoms with van der Waals surface area (Å²) >= 11 is 5.94. The van der Waals surface area contributed by atoms with Gasteiger partial charge in [0.15, 0.2) is 0 Å². The van der Waals surface area contributed by atoms with Gasteiger partial charge in [0.1, 0.15) is 4.90 Å². The van der Waals surface area contributed by atoms with Crippen molar-refractivity contribution >= 4 is 27.3 Å². The van der Waals surface area contributed by atoms with E-state index in [1.54, 1.807) is 6.07 Å². The third kappa shape index (κ3) is 3.41. The third-order valence-corrected chi connectivity index (χ3v) is 5.63. The highest BCUT2D eigenvalue weighted by Crippen LogP contribution is 2.37. The zero-order valence-electron chi connectivity index (χ0n) is 10.9. The molecule has 1 aromatic carbocycles. The summed E-state index contributed by atoms with van der Waals surface area (Å²) in [5, 5.41) is 0.193. The minimum atomic E-state index is -3.60. The Labute approximate surface area is 119 Å². The number of hydrogen-bond acceptors (Lipinski definition) is 3. The average Bonchev–Trinajstić information content (AvgIpc) is 2.78. The Balaban J connectivity index is 2.16. The maximum atomic E-state index is 12.3. The van der Waals surface area contributed by atoms with Gasteiger partial charge in [0.05, 0.1) is 5.02 Å². The Kier molecular flexibility index (Phi) is 4.08. The van der Waals surface area contributed by atoms with Gasteiger partial charge >= 0.3 is 0 Å². The van der Waals surface area contributed by atoms with Crippen LogP contribution < -0.4 is 10.5 Å². The fourth-order valence-corrected chi connectivity index (χ4v) is 4.21. The summed E-state index contributed by atoms with van der Waals surface area (Å²) in [6.45, 7) is 2.56. The Hall–Kier alpha value is -0.780. The lowest BCUT2D eigenvalue weighted by atomic mass is 9.89. The number of sulfonamides is 1. The molecule has 1 aromatic rings. The van der Waals surface area contributed by atoms with Crippen LogP contribution in [0.4, 0.5) is 5.69 Å². The molecule has 0 saturated heterocycles. The minimum absolute atomic E-state index is 0.0516. The van der Waals surface area contributed by atoms with Gasteiger partial charge in [0.25, 0.3) is 0 Å². The fraction of sp³-hybridized carbons (Fsp3) is 0.538. The quantitative estimate of drug-likeness (QED) is 0.840. The highest BCUT2D eigenvalue weighted by molar-refractivity contribution is 7.89. The van der Waals surface area contributed by atoms with Gasteiger partial charge in [0, 0.05) is 12.2 Å². The summed E-state index contributed by atoms with van der Waals surface area (Å²) in [5.74, 6) is 0. The lowest BCUT2D eigenvalue weighted by molar-refractivity contribution is 0.336. The maximum Gasteiger partial charge on any atom is 0.242 e. The van der Waals surface area contributed by atoms with Crippen molar-refractivity contribution < 1.29 is 8.42 Å². The summed E-state index contributed by atoms with van der Waals surface area (Å²) in [4.78, 5) is 0.0516. The van der Waals surface area contributed by atoms with Crippen LogP contribution in [0.5, 0.6) is 0 Å². The first kappa shape index (κ1) is 14.6. The molecule has 0 spiro atoms. The van der Waals surface area contributed by atoms with E-state index in [0.29, 0.717) is 12.2 Å². The highest BCUT2D eigenvalue weighted by Gasteiger charge is 2.30. The number of nitrogen functional groups attached to an aromatic ring is 1. The molecule has 0 atom stereocenters. The standard InChI is InChI=1S/C13H19ClN2O2S/c1-13(6-2-3-7-13)9-16-19(17,18)12-8-10(15)4-5-11(12)14/h4-5,8,16H,2-3,6-7,9,15H2,1H3. The normalized spacial score (nSPS) is 18.6. The molecule has 0 unspecified atom stereocenters. The molecule has 0 aromatic heterocycles. The van der Waals surface area contributed by atoms with Gasteiger partial charge in [-0.25, -0.2) is 13.1 Å². The van der Waals surface area contributed by atoms with Crippen molar-refractivity contribution in [3.63, 3.8) is 0 Å². The molecule has 1 aliphatic carbocycles. The van der Waals surface area contributed by atoms with E-state index in [-0.39, 0.29) is 15.3 Å². The van der Waals surface area contributed by atoms with Gasteiger partial charge in [-0.3, -0.25) is 0 Å². The van der Waals surface area contributed by atoms with Crippen LogP contribution in [0.1, 0.15) is 32.6 Å². The fourth-order valence-electron chi connectivity index (χ4n) is 2.48. The third-order valence-electron chi connectivity index (χ3n) is 3.74. The number of hydrogen-bond donors (Lipinski definition) is 2. The first-order valence-electron chi connectivity index (χ1n) is 6.37. The Morgan fingerprint density at radius 1 is 1.37 bits per heavy atom. The first-order valence-corrected chi connectivity index (χ1v) is 8.23. The maximum absolute atomic E-state index is 12.3. The zero-order valence-corrected chi connectivity index (χ0v) is 12.5. The van der Waals surface area contributed by atoms with Crippen LogP contribution in [0.25, 0.3) is 0 Å². The van der Waals surface area contributed by atoms with Crippen LogP contribution in [0, 0.1) is 5.41 Å². The van der Waals surface area contributed by atoms with E-state index >= 15 is 0 Å². The van der Waals surface area contributed by atoms with E-state index in [1.807, 2.05) is 0 Å². The number of anilines is 1. The molecule has 0 aliphatic heterocycles. The van der Waals surface area contributed by atoms with Gasteiger partial charge in [-0.2, -0.15) is 0 Å². The molecule has 4 nitrogen and oxygen atoms in total. The van der Waals surface area contributed by atoms with E-state index in [2.05, 4.69) is 11.6 Å². The van der Waals surface area contributed by atoms with Crippen LogP contribution in [-0.2, 0) is 10.0 Å². The predicted molar refractivity (Wildman–Crippen MR) is 77.6 cm³/mol. The van der Waals surface area contributed by atoms with Crippen molar-refractivity contribution in [2.24, 2.45) is 5.41 Å². The second-order valence-electron chi connectivity index (χ2n) is 5.53. The predicted octanol–water partition coefficient (Wildman–Crippen LogP) is 2.78. The number of rotatable bonds is 4. The molecular formula is C13H19ClN2O2S. The first-order chi connectivity index (χ1) is 8.82. The van der Waals surface area contributed by atoms with Crippen molar-refractivity contribution in [3.05, 3.63) is 23.2 Å². The van der Waals surface area contributed by atoms with Crippen LogP contribution in [-0.4, -0.2) is 15.0 Å². The minimum Gasteiger partial charge on any atom is -0.399 e. The van der Waals surface area contributed by atoms with E-state index in [1.165, 1.54) is 12.1 Å². The Morgan fingerprint density at radius 3 is 2.63 bits per heavy atom. The van der Waals surface area contributed by atoms with Crippen LogP contribution in [0.15, 0.2) is 23.1 Å². The number of halogens is 1. The van der Waals surface area contributed by atoms with E-state index in [0.717, 1.165) is 25.7 Å². The second-order valence-corrected chi connectivity index (χ2v) is 7.67. The Morgan fingerprint density at radius 2 is 2.00 bits per heavy atom. The molecule has 6 heteroatoms. The van der Waals surface area contributed by atoms with Crippen molar-refractivity contribution in [1.82, 2.24) is 4.72 Å². The summed E-state index contributed by atoms with van der Waals surface area (Å²) in [6.07, 6.45) is 4.44. The van der Waals surface area contributed by atoms with E-state index in [4.69, 9.17) is 17.3 Å². The highest BCUT2D eigenvalue weighted by atomic mass is 35.5. The van der Waals surface area contributed by atoms with Gasteiger partial charge in [-0.1, -0.05) is 31.4 Å². The SMILES string of the molecule is CC1(CNS(=O)(=O)c2cc(N)ccc2Cl)CCCC1. The van der Waals surface area contributed by atoms with Gasteiger partial charge < -0.3 is 5.73 Å². The molecule has 3 N–H and O–H groups in total. The number of benzene rings is 1. The van der Waals surface area contributed by atoms with Crippen LogP contribution in [0.3, 0.4) is 0 Å². The average molecular weight is 303 g/mol. The zero-order chi connectivity index (χ0) is 14.1. The molecule has 1 aliphatic rings. The molecule has 0 heterocycles. The summed E-state index contributed by atoms with van der Waals surface area (Å²) in [5.41, 5.74) is 6.06. The summed E-state index contributed by atoms with van der Waals surface area (Å²) in [7, 11) is -3.60. The van der Waals surface area contributed by atoms with E-state index < -0.39 is 10.0 Å². The molecule has 0 bridgehead atoms. The number of nitrogens with one attached hydrogen (secondary N) is 1. The monoisotopic (exact) mass is 302 g/mol. The van der Waals surface area contributed by atoms with Gasteiger partial charge in [-0.15, -0.1) is 0 Å². The summed E-state index contributed by atoms with van der Waals surface area (Å²) < 4.78 is 27.2. The molecule has 1 fully saturated rings. The van der Waals surface area contributed by atoms with Gasteiger partial charge in [-0.05, 0) is 36.5 Å². The lowest BCUT2D eigenvalue weighted by Crippen LogP contribution is -2.34. The molecule has 0 amide bonds. The lowest BCUT2D eigenvalue weighted by Gasteiger charge is -2.23. The largest absolute Gasteiger partial charge is 0.399 e. The van der Waals surface area contributed by atoms with Crippen molar-refractivity contribution in [3.8, 4) is 0 Å². The van der Waals surface area contributed by atoms with Crippen molar-refractivity contribution in [1.29, 1.82) is 0 Å². The van der Waals surface area contributed by atoms with Crippen LogP contribution in [0.2, 0.25) is 5.02 Å². The molecule has 2 rings (SSSR count). The van der Waals surface area contributed by atoms with Gasteiger partial charge in [0.2, 0.25) is 10.0 Å². The molecule has 0 radical (unpaired) electrons. The topological polar surface area (TPSA) is 72.2 Å². The number of nitrogens with two attached hydrogens (primary N) is 1. The second kappa shape index (κ2) is 5.31.